The van der Waals surface area contributed by atoms with Crippen molar-refractivity contribution in [1.82, 2.24) is 10.6 Å². The summed E-state index contributed by atoms with van der Waals surface area (Å²) in [4.78, 5) is 12.0. The highest BCUT2D eigenvalue weighted by molar-refractivity contribution is 7.94. The van der Waals surface area contributed by atoms with Gasteiger partial charge in [-0.05, 0) is 29.1 Å². The van der Waals surface area contributed by atoms with Crippen molar-refractivity contribution in [2.24, 2.45) is 5.92 Å². The van der Waals surface area contributed by atoms with E-state index < -0.39 is 16.1 Å². The first-order chi connectivity index (χ1) is 12.4. The third kappa shape index (κ3) is 5.91. The Bertz CT molecular complexity index is 842. The zero-order valence-electron chi connectivity index (χ0n) is 14.4. The Hall–Kier alpha value is -1.65. The average Bonchev–Trinajstić information content (AvgIpc) is 3.27. The number of aliphatic hydroxyl groups is 1. The summed E-state index contributed by atoms with van der Waals surface area (Å²) in [5, 5.41) is 17.3. The molecule has 7 nitrogen and oxygen atoms in total. The third-order valence-corrected chi connectivity index (χ3v) is 6.98. The van der Waals surface area contributed by atoms with E-state index in [9.17, 15) is 18.3 Å². The minimum Gasteiger partial charge on any atom is -0.391 e. The van der Waals surface area contributed by atoms with Crippen molar-refractivity contribution in [3.8, 4) is 0 Å². The van der Waals surface area contributed by atoms with Gasteiger partial charge >= 0.3 is 0 Å². The number of β-amino-alcohol motifs (C(OH)–C–C–N with tert-alkyl or cyclic N) is 1. The highest BCUT2D eigenvalue weighted by Crippen LogP contribution is 2.20. The molecule has 4 N–H and O–H groups in total. The zero-order chi connectivity index (χ0) is 18.6. The molecule has 0 saturated carbocycles. The number of halogens is 1. The molecule has 2 atom stereocenters. The predicted octanol–water partition coefficient (Wildman–Crippen LogP) is 1.21. The van der Waals surface area contributed by atoms with E-state index in [0.717, 1.165) is 16.9 Å². The Labute approximate surface area is 168 Å². The lowest BCUT2D eigenvalue weighted by Gasteiger charge is -2.14. The van der Waals surface area contributed by atoms with Gasteiger partial charge in [-0.2, -0.15) is 0 Å². The Balaban J connectivity index is 0.00000261. The maximum absolute atomic E-state index is 12.2. The summed E-state index contributed by atoms with van der Waals surface area (Å²) >= 11 is 1.15. The van der Waals surface area contributed by atoms with Gasteiger partial charge in [0.05, 0.1) is 12.5 Å². The predicted molar refractivity (Wildman–Crippen MR) is 108 cm³/mol. The van der Waals surface area contributed by atoms with Gasteiger partial charge < -0.3 is 15.7 Å². The van der Waals surface area contributed by atoms with Crippen molar-refractivity contribution in [2.75, 3.05) is 24.4 Å². The Morgan fingerprint density at radius 2 is 1.96 bits per heavy atom. The summed E-state index contributed by atoms with van der Waals surface area (Å²) < 4.78 is 27.1. The SMILES string of the molecule is Cl.O=C(Cc1ccc(NS(=O)(=O)c2cccs2)cc1)NCC1CNCC1O. The summed E-state index contributed by atoms with van der Waals surface area (Å²) in [6.07, 6.45) is -0.222. The van der Waals surface area contributed by atoms with Crippen LogP contribution in [0.2, 0.25) is 0 Å². The molecule has 1 aliphatic heterocycles. The van der Waals surface area contributed by atoms with Crippen LogP contribution in [0.4, 0.5) is 5.69 Å². The second-order valence-corrected chi connectivity index (χ2v) is 9.06. The maximum atomic E-state index is 12.2. The number of amides is 1. The molecule has 10 heteroatoms. The van der Waals surface area contributed by atoms with Crippen molar-refractivity contribution < 1.29 is 18.3 Å². The lowest BCUT2D eigenvalue weighted by Crippen LogP contribution is -2.35. The van der Waals surface area contributed by atoms with Crippen molar-refractivity contribution in [3.05, 3.63) is 47.3 Å². The first-order valence-corrected chi connectivity index (χ1v) is 10.6. The van der Waals surface area contributed by atoms with Crippen LogP contribution >= 0.6 is 23.7 Å². The fourth-order valence-electron chi connectivity index (χ4n) is 2.73. The second-order valence-electron chi connectivity index (χ2n) is 6.20. The monoisotopic (exact) mass is 431 g/mol. The number of anilines is 1. The first kappa shape index (κ1) is 21.6. The number of carbonyl (C=O) groups is 1. The van der Waals surface area contributed by atoms with Gasteiger partial charge in [0.2, 0.25) is 5.91 Å². The van der Waals surface area contributed by atoms with Gasteiger partial charge in [-0.25, -0.2) is 8.42 Å². The topological polar surface area (TPSA) is 108 Å². The number of hydrogen-bond acceptors (Lipinski definition) is 6. The minimum absolute atomic E-state index is 0. The number of rotatable bonds is 7. The lowest BCUT2D eigenvalue weighted by atomic mass is 10.1. The van der Waals surface area contributed by atoms with E-state index in [0.29, 0.717) is 25.3 Å². The summed E-state index contributed by atoms with van der Waals surface area (Å²) in [5.74, 6) is -0.0935. The number of benzene rings is 1. The summed E-state index contributed by atoms with van der Waals surface area (Å²) in [6, 6.07) is 9.94. The molecule has 2 unspecified atom stereocenters. The summed E-state index contributed by atoms with van der Waals surface area (Å²) in [7, 11) is -3.57. The van der Waals surface area contributed by atoms with E-state index >= 15 is 0 Å². The third-order valence-electron chi connectivity index (χ3n) is 4.20. The van der Waals surface area contributed by atoms with Gasteiger partial charge in [0, 0.05) is 31.2 Å². The average molecular weight is 432 g/mol. The molecular formula is C17H22ClN3O4S2. The van der Waals surface area contributed by atoms with Crippen molar-refractivity contribution in [2.45, 2.75) is 16.7 Å². The van der Waals surface area contributed by atoms with Crippen LogP contribution in [0.5, 0.6) is 0 Å². The van der Waals surface area contributed by atoms with Gasteiger partial charge in [-0.1, -0.05) is 18.2 Å². The lowest BCUT2D eigenvalue weighted by molar-refractivity contribution is -0.120. The largest absolute Gasteiger partial charge is 0.391 e. The summed E-state index contributed by atoms with van der Waals surface area (Å²) in [5.41, 5.74) is 1.23. The number of hydrogen-bond donors (Lipinski definition) is 4. The van der Waals surface area contributed by atoms with Crippen LogP contribution in [0.3, 0.4) is 0 Å². The molecule has 1 fully saturated rings. The molecule has 0 radical (unpaired) electrons. The van der Waals surface area contributed by atoms with E-state index in [-0.39, 0.29) is 34.9 Å². The molecule has 0 spiro atoms. The number of thiophene rings is 1. The normalized spacial score (nSPS) is 19.3. The highest BCUT2D eigenvalue weighted by Gasteiger charge is 2.25. The minimum atomic E-state index is -3.57. The van der Waals surface area contributed by atoms with Crippen molar-refractivity contribution in [1.29, 1.82) is 0 Å². The Morgan fingerprint density at radius 3 is 2.56 bits per heavy atom. The van der Waals surface area contributed by atoms with Crippen LogP contribution in [-0.2, 0) is 21.2 Å². The van der Waals surface area contributed by atoms with Crippen LogP contribution in [0, 0.1) is 5.92 Å². The number of carbonyl (C=O) groups excluding carboxylic acids is 1. The van der Waals surface area contributed by atoms with E-state index in [2.05, 4.69) is 15.4 Å². The summed E-state index contributed by atoms with van der Waals surface area (Å²) in [6.45, 7) is 1.69. The van der Waals surface area contributed by atoms with Gasteiger partial charge in [-0.3, -0.25) is 9.52 Å². The van der Waals surface area contributed by atoms with Crippen LogP contribution in [0.25, 0.3) is 0 Å². The number of sulfonamides is 1. The molecule has 1 aliphatic rings. The molecule has 1 saturated heterocycles. The van der Waals surface area contributed by atoms with Crippen molar-refractivity contribution >= 4 is 45.4 Å². The molecule has 0 bridgehead atoms. The standard InChI is InChI=1S/C17H21N3O4S2.ClH/c21-15-11-18-9-13(15)10-19-16(22)8-12-3-5-14(6-4-12)20-26(23,24)17-2-1-7-25-17;/h1-7,13,15,18,20-21H,8-11H2,(H,19,22);1H. The molecule has 3 rings (SSSR count). The smallest absolute Gasteiger partial charge is 0.271 e. The first-order valence-electron chi connectivity index (χ1n) is 8.25. The van der Waals surface area contributed by atoms with E-state index in [1.54, 1.807) is 41.8 Å². The molecule has 0 aliphatic carbocycles. The second kappa shape index (κ2) is 9.52. The molecule has 2 heterocycles. The van der Waals surface area contributed by atoms with Crippen LogP contribution in [0.1, 0.15) is 5.56 Å². The highest BCUT2D eigenvalue weighted by atomic mass is 35.5. The molecule has 1 aromatic heterocycles. The van der Waals surface area contributed by atoms with E-state index in [4.69, 9.17) is 0 Å². The quantitative estimate of drug-likeness (QED) is 0.527. The molecule has 1 aromatic carbocycles. The van der Waals surface area contributed by atoms with Crippen LogP contribution in [-0.4, -0.2) is 45.2 Å². The number of aliphatic hydroxyl groups excluding tert-OH is 1. The van der Waals surface area contributed by atoms with Gasteiger partial charge in [0.1, 0.15) is 4.21 Å². The van der Waals surface area contributed by atoms with Gasteiger partial charge in [0.15, 0.2) is 0 Å². The molecule has 1 amide bonds. The Kier molecular flexibility index (Phi) is 7.63. The van der Waals surface area contributed by atoms with E-state index in [1.165, 1.54) is 0 Å². The van der Waals surface area contributed by atoms with Crippen molar-refractivity contribution in [3.63, 3.8) is 0 Å². The maximum Gasteiger partial charge on any atom is 0.271 e. The molecular weight excluding hydrogens is 410 g/mol. The van der Waals surface area contributed by atoms with Gasteiger partial charge in [-0.15, -0.1) is 23.7 Å². The Morgan fingerprint density at radius 1 is 1.22 bits per heavy atom. The fraction of sp³-hybridized carbons (Fsp3) is 0.353. The van der Waals surface area contributed by atoms with Crippen LogP contribution in [0.15, 0.2) is 46.0 Å². The van der Waals surface area contributed by atoms with Crippen LogP contribution < -0.4 is 15.4 Å². The number of nitrogens with one attached hydrogen (secondary N) is 3. The van der Waals surface area contributed by atoms with Gasteiger partial charge in [0.25, 0.3) is 10.0 Å². The van der Waals surface area contributed by atoms with E-state index in [1.807, 2.05) is 0 Å². The molecule has 27 heavy (non-hydrogen) atoms. The molecule has 2 aromatic rings. The molecule has 148 valence electrons. The fourth-order valence-corrected chi connectivity index (χ4v) is 4.78. The zero-order valence-corrected chi connectivity index (χ0v) is 16.9.